The van der Waals surface area contributed by atoms with Crippen molar-refractivity contribution in [3.8, 4) is 0 Å². The average molecular weight is 161 g/mol. The van der Waals surface area contributed by atoms with Gasteiger partial charge in [0.1, 0.15) is 6.61 Å². The molecule has 11 heavy (non-hydrogen) atoms. The van der Waals surface area contributed by atoms with Crippen molar-refractivity contribution >= 4 is 0 Å². The first kappa shape index (κ1) is 13.0. The van der Waals surface area contributed by atoms with Gasteiger partial charge in [-0.15, -0.1) is 4.91 Å². The lowest BCUT2D eigenvalue weighted by Gasteiger charge is -1.98. The number of hydrogen-bond donors (Lipinski definition) is 0. The van der Waals surface area contributed by atoms with Crippen LogP contribution >= 0.6 is 0 Å². The van der Waals surface area contributed by atoms with E-state index in [0.29, 0.717) is 12.5 Å². The SMILES string of the molecule is CC(C)CCON=O.CCC. The molecule has 0 heterocycles. The van der Waals surface area contributed by atoms with Gasteiger partial charge in [0.15, 0.2) is 5.34 Å². The summed E-state index contributed by atoms with van der Waals surface area (Å²) in [6, 6.07) is 0. The first-order valence-corrected chi connectivity index (χ1v) is 4.13. The molecule has 0 spiro atoms. The second kappa shape index (κ2) is 12.1. The predicted octanol–water partition coefficient (Wildman–Crippen LogP) is 3.15. The van der Waals surface area contributed by atoms with Crippen molar-refractivity contribution in [2.45, 2.75) is 40.5 Å². The molecule has 0 aromatic rings. The van der Waals surface area contributed by atoms with E-state index < -0.39 is 0 Å². The molecule has 0 N–H and O–H groups in total. The lowest BCUT2D eigenvalue weighted by atomic mass is 10.1. The Hall–Kier alpha value is -0.600. The van der Waals surface area contributed by atoms with Gasteiger partial charge in [-0.25, -0.2) is 0 Å². The number of rotatable bonds is 4. The molecule has 0 saturated heterocycles. The molecule has 3 heteroatoms. The summed E-state index contributed by atoms with van der Waals surface area (Å²) in [5.41, 5.74) is 0. The second-order valence-corrected chi connectivity index (χ2v) is 2.80. The Morgan fingerprint density at radius 1 is 1.36 bits per heavy atom. The van der Waals surface area contributed by atoms with Crippen LogP contribution in [0.5, 0.6) is 0 Å². The van der Waals surface area contributed by atoms with Crippen molar-refractivity contribution < 1.29 is 4.84 Å². The highest BCUT2D eigenvalue weighted by molar-refractivity contribution is 4.40. The molecule has 0 amide bonds. The van der Waals surface area contributed by atoms with E-state index in [1.807, 2.05) is 0 Å². The Labute approximate surface area is 69.1 Å². The van der Waals surface area contributed by atoms with Crippen LogP contribution in [-0.4, -0.2) is 6.61 Å². The van der Waals surface area contributed by atoms with Crippen LogP contribution in [0.15, 0.2) is 5.34 Å². The molecule has 3 nitrogen and oxygen atoms in total. The summed E-state index contributed by atoms with van der Waals surface area (Å²) >= 11 is 0. The molecule has 0 aromatic carbocycles. The summed E-state index contributed by atoms with van der Waals surface area (Å²) in [6.45, 7) is 8.82. The molecule has 0 rings (SSSR count). The minimum Gasteiger partial charge on any atom is -0.364 e. The third-order valence-electron chi connectivity index (χ3n) is 0.839. The third-order valence-corrected chi connectivity index (χ3v) is 0.839. The summed E-state index contributed by atoms with van der Waals surface area (Å²) in [5.74, 6) is 0.580. The Balaban J connectivity index is 0. The molecule has 0 unspecified atom stereocenters. The van der Waals surface area contributed by atoms with Gasteiger partial charge in [0.05, 0.1) is 0 Å². The zero-order chi connectivity index (χ0) is 9.11. The fourth-order valence-corrected chi connectivity index (χ4v) is 0.326. The van der Waals surface area contributed by atoms with Crippen LogP contribution in [0.4, 0.5) is 0 Å². The van der Waals surface area contributed by atoms with Crippen molar-refractivity contribution in [3.05, 3.63) is 4.91 Å². The molecule has 0 aliphatic carbocycles. The largest absolute Gasteiger partial charge is 0.364 e. The summed E-state index contributed by atoms with van der Waals surface area (Å²) in [5, 5.41) is 2.26. The van der Waals surface area contributed by atoms with E-state index in [1.54, 1.807) is 0 Å². The van der Waals surface area contributed by atoms with Gasteiger partial charge in [0.2, 0.25) is 0 Å². The van der Waals surface area contributed by atoms with Gasteiger partial charge < -0.3 is 4.84 Å². The highest BCUT2D eigenvalue weighted by atomic mass is 16.7. The van der Waals surface area contributed by atoms with Crippen molar-refractivity contribution in [2.75, 3.05) is 6.61 Å². The molecule has 0 radical (unpaired) electrons. The smallest absolute Gasteiger partial charge is 0.155 e. The maximum Gasteiger partial charge on any atom is 0.155 e. The van der Waals surface area contributed by atoms with Gasteiger partial charge in [0, 0.05) is 0 Å². The van der Waals surface area contributed by atoms with Crippen molar-refractivity contribution in [1.29, 1.82) is 0 Å². The van der Waals surface area contributed by atoms with E-state index in [0.717, 1.165) is 6.42 Å². The first-order valence-electron chi connectivity index (χ1n) is 4.13. The van der Waals surface area contributed by atoms with E-state index in [4.69, 9.17) is 0 Å². The minimum atomic E-state index is 0.446. The topological polar surface area (TPSA) is 38.7 Å². The van der Waals surface area contributed by atoms with E-state index in [9.17, 15) is 4.91 Å². The average Bonchev–Trinajstić information content (AvgIpc) is 1.89. The van der Waals surface area contributed by atoms with E-state index in [2.05, 4.69) is 37.9 Å². The van der Waals surface area contributed by atoms with E-state index >= 15 is 0 Å². The monoisotopic (exact) mass is 161 g/mol. The molecule has 0 atom stereocenters. The van der Waals surface area contributed by atoms with Crippen LogP contribution in [0, 0.1) is 10.8 Å². The molecule has 0 saturated carbocycles. The van der Waals surface area contributed by atoms with Gasteiger partial charge >= 0.3 is 0 Å². The van der Waals surface area contributed by atoms with Gasteiger partial charge in [0.25, 0.3) is 0 Å². The van der Waals surface area contributed by atoms with E-state index in [1.165, 1.54) is 6.42 Å². The van der Waals surface area contributed by atoms with Crippen LogP contribution in [0.25, 0.3) is 0 Å². The zero-order valence-corrected chi connectivity index (χ0v) is 7.96. The third kappa shape index (κ3) is 26.6. The fourth-order valence-electron chi connectivity index (χ4n) is 0.326. The Kier molecular flexibility index (Phi) is 14.3. The first-order chi connectivity index (χ1) is 5.18. The maximum atomic E-state index is 9.31. The van der Waals surface area contributed by atoms with Gasteiger partial charge in [-0.05, 0) is 12.3 Å². The molecule has 0 bridgehead atoms. The summed E-state index contributed by atoms with van der Waals surface area (Å²) in [6.07, 6.45) is 2.14. The van der Waals surface area contributed by atoms with Crippen LogP contribution in [-0.2, 0) is 4.84 Å². The van der Waals surface area contributed by atoms with Gasteiger partial charge in [-0.2, -0.15) is 0 Å². The van der Waals surface area contributed by atoms with Crippen LogP contribution < -0.4 is 0 Å². The van der Waals surface area contributed by atoms with Crippen molar-refractivity contribution in [3.63, 3.8) is 0 Å². The summed E-state index contributed by atoms with van der Waals surface area (Å²) < 4.78 is 0. The van der Waals surface area contributed by atoms with Gasteiger partial charge in [-0.1, -0.05) is 34.1 Å². The van der Waals surface area contributed by atoms with E-state index in [-0.39, 0.29) is 0 Å². The Morgan fingerprint density at radius 2 is 1.82 bits per heavy atom. The van der Waals surface area contributed by atoms with Crippen LogP contribution in [0.2, 0.25) is 0 Å². The molecule has 0 aliphatic heterocycles. The standard InChI is InChI=1S/C5H11NO2.C3H8/c1-5(2)3-4-8-6-7;1-3-2/h5H,3-4H2,1-2H3;3H2,1-2H3. The van der Waals surface area contributed by atoms with Crippen LogP contribution in [0.1, 0.15) is 40.5 Å². The Morgan fingerprint density at radius 3 is 2.09 bits per heavy atom. The number of hydrogen-bond acceptors (Lipinski definition) is 3. The summed E-state index contributed by atoms with van der Waals surface area (Å²) in [7, 11) is 0. The van der Waals surface area contributed by atoms with Crippen molar-refractivity contribution in [2.24, 2.45) is 11.3 Å². The zero-order valence-electron chi connectivity index (χ0n) is 7.96. The van der Waals surface area contributed by atoms with Crippen molar-refractivity contribution in [1.82, 2.24) is 0 Å². The lowest BCUT2D eigenvalue weighted by molar-refractivity contribution is 0.128. The maximum absolute atomic E-state index is 9.31. The molecule has 0 aromatic heterocycles. The molecule has 0 aliphatic rings. The quantitative estimate of drug-likeness (QED) is 0.361. The highest BCUT2D eigenvalue weighted by Crippen LogP contribution is 1.98. The van der Waals surface area contributed by atoms with Crippen LogP contribution in [0.3, 0.4) is 0 Å². The summed E-state index contributed by atoms with van der Waals surface area (Å²) in [4.78, 5) is 13.5. The molecule has 68 valence electrons. The molecular formula is C8H19NO2. The Bertz CT molecular complexity index is 74.5. The highest BCUT2D eigenvalue weighted by Gasteiger charge is 1.91. The molecular weight excluding hydrogens is 142 g/mol. The fraction of sp³-hybridized carbons (Fsp3) is 1.00. The molecule has 0 fully saturated rings. The normalized spacial score (nSPS) is 8.45. The number of nitrogens with zero attached hydrogens (tertiary/aromatic N) is 1. The predicted molar refractivity (Wildman–Crippen MR) is 47.2 cm³/mol. The lowest BCUT2D eigenvalue weighted by Crippen LogP contribution is -1.93. The minimum absolute atomic E-state index is 0.446. The van der Waals surface area contributed by atoms with Gasteiger partial charge in [-0.3, -0.25) is 0 Å². The second-order valence-electron chi connectivity index (χ2n) is 2.80.